The third kappa shape index (κ3) is 2.45. The summed E-state index contributed by atoms with van der Waals surface area (Å²) in [7, 11) is 0.167. The normalized spacial score (nSPS) is 11.5. The van der Waals surface area contributed by atoms with Crippen molar-refractivity contribution in [3.8, 4) is 5.88 Å². The molecule has 1 aromatic rings. The molecule has 0 aliphatic rings. The molecule has 0 atom stereocenters. The quantitative estimate of drug-likeness (QED) is 0.707. The maximum Gasteiger partial charge on any atom is 0.212 e. The Hall–Kier alpha value is -0.543. The highest BCUT2D eigenvalue weighted by molar-refractivity contribution is 6.89. The first-order chi connectivity index (χ1) is 5.95. The van der Waals surface area contributed by atoms with Crippen molar-refractivity contribution in [1.29, 1.82) is 0 Å². The monoisotopic (exact) mass is 215 g/mol. The van der Waals surface area contributed by atoms with Gasteiger partial charge < -0.3 is 4.74 Å². The van der Waals surface area contributed by atoms with Crippen molar-refractivity contribution in [1.82, 2.24) is 4.98 Å². The molecule has 1 rings (SSSR count). The molecule has 0 aliphatic carbocycles. The molecule has 1 heterocycles. The second-order valence-corrected chi connectivity index (χ2v) is 9.31. The zero-order valence-corrected chi connectivity index (χ0v) is 10.1. The predicted octanol–water partition coefficient (Wildman–Crippen LogP) is 2.29. The van der Waals surface area contributed by atoms with Gasteiger partial charge in [0.25, 0.3) is 0 Å². The van der Waals surface area contributed by atoms with E-state index in [0.717, 1.165) is 10.3 Å². The lowest BCUT2D eigenvalue weighted by Gasteiger charge is -2.17. The SMILES string of the molecule is COc1ccc(Cl)c([Si](C)(C)C)n1. The fraction of sp³-hybridized carbons (Fsp3) is 0.444. The fourth-order valence-electron chi connectivity index (χ4n) is 1.06. The molecule has 0 amide bonds. The Balaban J connectivity index is 3.19. The van der Waals surface area contributed by atoms with Gasteiger partial charge in [0.05, 0.1) is 12.1 Å². The Morgan fingerprint density at radius 2 is 1.92 bits per heavy atom. The van der Waals surface area contributed by atoms with Crippen LogP contribution in [0.3, 0.4) is 0 Å². The standard InChI is InChI=1S/C9H14ClNOSi/c1-12-8-6-5-7(10)9(11-8)13(2,3)4/h5-6H,1-4H3. The molecule has 0 fully saturated rings. The van der Waals surface area contributed by atoms with E-state index in [2.05, 4.69) is 24.6 Å². The van der Waals surface area contributed by atoms with Gasteiger partial charge in [-0.15, -0.1) is 0 Å². The van der Waals surface area contributed by atoms with Crippen LogP contribution < -0.4 is 10.1 Å². The van der Waals surface area contributed by atoms with Crippen molar-refractivity contribution in [3.05, 3.63) is 17.2 Å². The van der Waals surface area contributed by atoms with Gasteiger partial charge in [0.2, 0.25) is 5.88 Å². The van der Waals surface area contributed by atoms with Crippen molar-refractivity contribution in [2.24, 2.45) is 0 Å². The van der Waals surface area contributed by atoms with Gasteiger partial charge in [-0.05, 0) is 6.07 Å². The molecule has 0 unspecified atom stereocenters. The number of hydrogen-bond donors (Lipinski definition) is 0. The smallest absolute Gasteiger partial charge is 0.212 e. The van der Waals surface area contributed by atoms with Crippen LogP contribution in [0.5, 0.6) is 5.88 Å². The average molecular weight is 216 g/mol. The lowest BCUT2D eigenvalue weighted by molar-refractivity contribution is 0.399. The van der Waals surface area contributed by atoms with Crippen LogP contribution in [0, 0.1) is 0 Å². The molecular weight excluding hydrogens is 202 g/mol. The van der Waals surface area contributed by atoms with Gasteiger partial charge in [-0.25, -0.2) is 4.98 Å². The van der Waals surface area contributed by atoms with E-state index in [4.69, 9.17) is 16.3 Å². The summed E-state index contributed by atoms with van der Waals surface area (Å²) in [6.07, 6.45) is 0. The van der Waals surface area contributed by atoms with E-state index >= 15 is 0 Å². The zero-order valence-electron chi connectivity index (χ0n) is 8.39. The zero-order chi connectivity index (χ0) is 10.1. The summed E-state index contributed by atoms with van der Waals surface area (Å²) in [6.45, 7) is 6.63. The van der Waals surface area contributed by atoms with Crippen LogP contribution in [0.2, 0.25) is 24.7 Å². The van der Waals surface area contributed by atoms with Crippen LogP contribution in [0.4, 0.5) is 0 Å². The summed E-state index contributed by atoms with van der Waals surface area (Å²) in [5, 5.41) is 1.76. The minimum absolute atomic E-state index is 0.641. The van der Waals surface area contributed by atoms with Crippen LogP contribution >= 0.6 is 11.6 Å². The van der Waals surface area contributed by atoms with Crippen LogP contribution in [-0.2, 0) is 0 Å². The third-order valence-electron chi connectivity index (χ3n) is 1.74. The van der Waals surface area contributed by atoms with Crippen molar-refractivity contribution < 1.29 is 4.74 Å². The highest BCUT2D eigenvalue weighted by Crippen LogP contribution is 2.14. The minimum atomic E-state index is -1.45. The molecular formula is C9H14ClNOSi. The summed E-state index contributed by atoms with van der Waals surface area (Å²) in [5.41, 5.74) is 0. The third-order valence-corrected chi connectivity index (χ3v) is 4.01. The number of rotatable bonds is 2. The molecule has 0 saturated carbocycles. The fourth-order valence-corrected chi connectivity index (χ4v) is 3.26. The van der Waals surface area contributed by atoms with Gasteiger partial charge in [-0.1, -0.05) is 31.2 Å². The van der Waals surface area contributed by atoms with Gasteiger partial charge in [-0.3, -0.25) is 0 Å². The van der Waals surface area contributed by atoms with Gasteiger partial charge in [0.15, 0.2) is 0 Å². The number of hydrogen-bond acceptors (Lipinski definition) is 2. The molecule has 0 N–H and O–H groups in total. The molecule has 0 spiro atoms. The van der Waals surface area contributed by atoms with Crippen LogP contribution in [0.25, 0.3) is 0 Å². The molecule has 0 aliphatic heterocycles. The van der Waals surface area contributed by atoms with Crippen molar-refractivity contribution in [2.45, 2.75) is 19.6 Å². The maximum absolute atomic E-state index is 6.05. The number of aromatic nitrogens is 1. The van der Waals surface area contributed by atoms with Crippen LogP contribution in [-0.4, -0.2) is 20.2 Å². The minimum Gasteiger partial charge on any atom is -0.481 e. The topological polar surface area (TPSA) is 22.1 Å². The molecule has 4 heteroatoms. The van der Waals surface area contributed by atoms with E-state index in [1.807, 2.05) is 6.07 Å². The van der Waals surface area contributed by atoms with E-state index < -0.39 is 8.07 Å². The van der Waals surface area contributed by atoms with Crippen molar-refractivity contribution in [3.63, 3.8) is 0 Å². The van der Waals surface area contributed by atoms with Crippen LogP contribution in [0.15, 0.2) is 12.1 Å². The summed E-state index contributed by atoms with van der Waals surface area (Å²) in [4.78, 5) is 4.37. The maximum atomic E-state index is 6.05. The van der Waals surface area contributed by atoms with E-state index in [1.54, 1.807) is 13.2 Å². The first-order valence-corrected chi connectivity index (χ1v) is 8.04. The Bertz CT molecular complexity index is 309. The first-order valence-electron chi connectivity index (χ1n) is 4.16. The second-order valence-electron chi connectivity index (χ2n) is 3.93. The Kier molecular flexibility index (Phi) is 2.98. The van der Waals surface area contributed by atoms with Gasteiger partial charge >= 0.3 is 0 Å². The Morgan fingerprint density at radius 1 is 1.31 bits per heavy atom. The highest BCUT2D eigenvalue weighted by atomic mass is 35.5. The first kappa shape index (κ1) is 10.5. The molecule has 0 aromatic carbocycles. The lowest BCUT2D eigenvalue weighted by Crippen LogP contribution is -2.40. The molecule has 72 valence electrons. The molecule has 1 aromatic heterocycles. The number of methoxy groups -OCH3 is 1. The summed E-state index contributed by atoms with van der Waals surface area (Å²) >= 11 is 6.05. The van der Waals surface area contributed by atoms with E-state index in [0.29, 0.717) is 5.88 Å². The van der Waals surface area contributed by atoms with Crippen molar-refractivity contribution in [2.75, 3.05) is 7.11 Å². The van der Waals surface area contributed by atoms with E-state index in [-0.39, 0.29) is 0 Å². The highest BCUT2D eigenvalue weighted by Gasteiger charge is 2.22. The van der Waals surface area contributed by atoms with Gasteiger partial charge in [-0.2, -0.15) is 0 Å². The van der Waals surface area contributed by atoms with Gasteiger partial charge in [0.1, 0.15) is 8.07 Å². The molecule has 13 heavy (non-hydrogen) atoms. The predicted molar refractivity (Wildman–Crippen MR) is 58.8 cm³/mol. The van der Waals surface area contributed by atoms with Gasteiger partial charge in [0, 0.05) is 11.4 Å². The second kappa shape index (κ2) is 3.68. The Morgan fingerprint density at radius 3 is 2.38 bits per heavy atom. The van der Waals surface area contributed by atoms with Crippen LogP contribution in [0.1, 0.15) is 0 Å². The number of ether oxygens (including phenoxy) is 1. The summed E-state index contributed by atoms with van der Waals surface area (Å²) in [5.74, 6) is 0.641. The Labute approximate surface area is 84.9 Å². The molecule has 0 saturated heterocycles. The average Bonchev–Trinajstić information content (AvgIpc) is 2.03. The molecule has 0 radical (unpaired) electrons. The lowest BCUT2D eigenvalue weighted by atomic mass is 10.5. The number of nitrogens with zero attached hydrogens (tertiary/aromatic N) is 1. The largest absolute Gasteiger partial charge is 0.481 e. The van der Waals surface area contributed by atoms with Crippen molar-refractivity contribution >= 4 is 25.0 Å². The summed E-state index contributed by atoms with van der Waals surface area (Å²) < 4.78 is 5.06. The molecule has 0 bridgehead atoms. The summed E-state index contributed by atoms with van der Waals surface area (Å²) in [6, 6.07) is 3.63. The van der Waals surface area contributed by atoms with E-state index in [9.17, 15) is 0 Å². The van der Waals surface area contributed by atoms with E-state index in [1.165, 1.54) is 0 Å². The number of halogens is 1. The molecule has 2 nitrogen and oxygen atoms in total. The number of pyridine rings is 1.